The second-order valence-corrected chi connectivity index (χ2v) is 4.04. The van der Waals surface area contributed by atoms with Crippen LogP contribution >= 0.6 is 0 Å². The number of nitrogens with one attached hydrogen (secondary N) is 1. The molecule has 0 aromatic carbocycles. The highest BCUT2D eigenvalue weighted by atomic mass is 19.4. The predicted molar refractivity (Wildman–Crippen MR) is 63.0 cm³/mol. The van der Waals surface area contributed by atoms with E-state index in [0.29, 0.717) is 13.0 Å². The Morgan fingerprint density at radius 3 is 2.56 bits per heavy atom. The lowest BCUT2D eigenvalue weighted by atomic mass is 10.2. The van der Waals surface area contributed by atoms with Crippen LogP contribution in [0.25, 0.3) is 0 Å². The molecule has 1 aromatic heterocycles. The lowest BCUT2D eigenvalue weighted by Gasteiger charge is -2.13. The van der Waals surface area contributed by atoms with Crippen molar-refractivity contribution in [2.45, 2.75) is 45.8 Å². The Kier molecular flexibility index (Phi) is 5.53. The maximum Gasteiger partial charge on any atom is 0.433 e. The Balaban J connectivity index is 2.97. The van der Waals surface area contributed by atoms with E-state index in [9.17, 15) is 13.2 Å². The first-order valence-corrected chi connectivity index (χ1v) is 6.11. The van der Waals surface area contributed by atoms with E-state index in [0.717, 1.165) is 12.8 Å². The fourth-order valence-corrected chi connectivity index (χ4v) is 1.53. The molecule has 1 aromatic rings. The average molecular weight is 261 g/mol. The van der Waals surface area contributed by atoms with Gasteiger partial charge in [0.25, 0.3) is 0 Å². The maximum absolute atomic E-state index is 12.9. The molecule has 0 saturated carbocycles. The number of alkyl halides is 3. The van der Waals surface area contributed by atoms with Gasteiger partial charge in [0.05, 0.1) is 0 Å². The molecule has 0 aliphatic rings. The Morgan fingerprint density at radius 2 is 2.00 bits per heavy atom. The highest BCUT2D eigenvalue weighted by molar-refractivity contribution is 5.20. The average Bonchev–Trinajstić information content (AvgIpc) is 2.33. The molecule has 0 aliphatic carbocycles. The van der Waals surface area contributed by atoms with Crippen LogP contribution in [0.2, 0.25) is 0 Å². The Hall–Kier alpha value is -1.17. The van der Waals surface area contributed by atoms with Crippen molar-refractivity contribution in [3.63, 3.8) is 0 Å². The zero-order valence-corrected chi connectivity index (χ0v) is 10.6. The van der Waals surface area contributed by atoms with Crippen LogP contribution in [-0.4, -0.2) is 16.5 Å². The van der Waals surface area contributed by atoms with Crippen molar-refractivity contribution in [3.05, 3.63) is 23.3 Å². The van der Waals surface area contributed by atoms with Crippen molar-refractivity contribution >= 4 is 0 Å². The minimum absolute atomic E-state index is 0.101. The molecule has 18 heavy (non-hydrogen) atoms. The third kappa shape index (κ3) is 4.25. The van der Waals surface area contributed by atoms with Crippen molar-refractivity contribution in [2.24, 2.45) is 0 Å². The van der Waals surface area contributed by atoms with Gasteiger partial charge in [0.2, 0.25) is 0 Å². The second kappa shape index (κ2) is 6.68. The lowest BCUT2D eigenvalue weighted by molar-refractivity contribution is -0.142. The first kappa shape index (κ1) is 14.9. The number of nitrogens with zero attached hydrogens (tertiary/aromatic N) is 2. The van der Waals surface area contributed by atoms with Gasteiger partial charge in [0.15, 0.2) is 5.69 Å². The Labute approximate surface area is 105 Å². The van der Waals surface area contributed by atoms with Gasteiger partial charge in [-0.3, -0.25) is 0 Å². The minimum Gasteiger partial charge on any atom is -0.313 e. The van der Waals surface area contributed by atoms with Crippen LogP contribution in [0.1, 0.15) is 43.8 Å². The summed E-state index contributed by atoms with van der Waals surface area (Å²) >= 11 is 0. The molecule has 0 fully saturated rings. The summed E-state index contributed by atoms with van der Waals surface area (Å²) in [6.07, 6.45) is -0.951. The van der Waals surface area contributed by atoms with Gasteiger partial charge in [-0.2, -0.15) is 13.2 Å². The van der Waals surface area contributed by atoms with Gasteiger partial charge in [-0.15, -0.1) is 0 Å². The van der Waals surface area contributed by atoms with Gasteiger partial charge in [-0.05, 0) is 13.0 Å². The molecular weight excluding hydrogens is 243 g/mol. The van der Waals surface area contributed by atoms with E-state index in [4.69, 9.17) is 0 Å². The molecule has 0 bridgehead atoms. The quantitative estimate of drug-likeness (QED) is 0.855. The van der Waals surface area contributed by atoms with E-state index in [1.807, 2.05) is 13.8 Å². The molecule has 3 nitrogen and oxygen atoms in total. The van der Waals surface area contributed by atoms with E-state index >= 15 is 0 Å². The van der Waals surface area contributed by atoms with Crippen molar-refractivity contribution < 1.29 is 13.2 Å². The maximum atomic E-state index is 12.9. The normalized spacial score (nSPS) is 11.8. The topological polar surface area (TPSA) is 37.8 Å². The van der Waals surface area contributed by atoms with Gasteiger partial charge in [-0.25, -0.2) is 9.97 Å². The highest BCUT2D eigenvalue weighted by Crippen LogP contribution is 2.30. The number of halogens is 3. The molecule has 0 spiro atoms. The second-order valence-electron chi connectivity index (χ2n) is 4.04. The summed E-state index contributed by atoms with van der Waals surface area (Å²) in [5.74, 6) is 0.268. The third-order valence-corrected chi connectivity index (χ3v) is 2.50. The van der Waals surface area contributed by atoms with Crippen LogP contribution in [0.4, 0.5) is 13.2 Å². The zero-order chi connectivity index (χ0) is 13.6. The Morgan fingerprint density at radius 1 is 1.28 bits per heavy atom. The van der Waals surface area contributed by atoms with Crippen LogP contribution in [0.3, 0.4) is 0 Å². The monoisotopic (exact) mass is 261 g/mol. The van der Waals surface area contributed by atoms with Crippen LogP contribution in [0.15, 0.2) is 6.20 Å². The minimum atomic E-state index is -4.42. The number of aromatic nitrogens is 2. The smallest absolute Gasteiger partial charge is 0.313 e. The molecule has 6 heteroatoms. The number of hydrogen-bond acceptors (Lipinski definition) is 3. The van der Waals surface area contributed by atoms with Crippen molar-refractivity contribution in [3.8, 4) is 0 Å². The first-order valence-electron chi connectivity index (χ1n) is 6.11. The number of hydrogen-bond donors (Lipinski definition) is 1. The van der Waals surface area contributed by atoms with E-state index in [2.05, 4.69) is 15.3 Å². The molecule has 1 rings (SSSR count). The largest absolute Gasteiger partial charge is 0.433 e. The zero-order valence-electron chi connectivity index (χ0n) is 10.6. The number of rotatable bonds is 6. The molecule has 102 valence electrons. The van der Waals surface area contributed by atoms with Crippen molar-refractivity contribution in [2.75, 3.05) is 6.54 Å². The summed E-state index contributed by atoms with van der Waals surface area (Å²) in [5, 5.41) is 2.86. The molecule has 0 saturated heterocycles. The van der Waals surface area contributed by atoms with Gasteiger partial charge in [0, 0.05) is 24.7 Å². The van der Waals surface area contributed by atoms with E-state index in [-0.39, 0.29) is 17.9 Å². The highest BCUT2D eigenvalue weighted by Gasteiger charge is 2.35. The van der Waals surface area contributed by atoms with E-state index in [1.165, 1.54) is 6.20 Å². The van der Waals surface area contributed by atoms with Gasteiger partial charge in [-0.1, -0.05) is 20.3 Å². The SMILES string of the molecule is CCCCc1ncc(CNCC)c(C(F)(F)F)n1. The molecule has 1 heterocycles. The molecule has 0 unspecified atom stereocenters. The lowest BCUT2D eigenvalue weighted by Crippen LogP contribution is -2.20. The van der Waals surface area contributed by atoms with Crippen LogP contribution in [-0.2, 0) is 19.1 Å². The molecule has 1 N–H and O–H groups in total. The van der Waals surface area contributed by atoms with Gasteiger partial charge in [0.1, 0.15) is 5.82 Å². The predicted octanol–water partition coefficient (Wildman–Crippen LogP) is 2.95. The summed E-state index contributed by atoms with van der Waals surface area (Å²) < 4.78 is 38.6. The van der Waals surface area contributed by atoms with Crippen LogP contribution < -0.4 is 5.32 Å². The van der Waals surface area contributed by atoms with Crippen molar-refractivity contribution in [1.82, 2.24) is 15.3 Å². The third-order valence-electron chi connectivity index (χ3n) is 2.50. The fraction of sp³-hybridized carbons (Fsp3) is 0.667. The van der Waals surface area contributed by atoms with Crippen molar-refractivity contribution in [1.29, 1.82) is 0 Å². The molecule has 0 amide bonds. The molecule has 0 radical (unpaired) electrons. The molecule has 0 atom stereocenters. The number of aryl methyl sites for hydroxylation is 1. The summed E-state index contributed by atoms with van der Waals surface area (Å²) in [6, 6.07) is 0. The fourth-order valence-electron chi connectivity index (χ4n) is 1.53. The summed E-state index contributed by atoms with van der Waals surface area (Å²) in [4.78, 5) is 7.65. The van der Waals surface area contributed by atoms with E-state index < -0.39 is 11.9 Å². The standard InChI is InChI=1S/C12H18F3N3/c1-3-5-6-10-17-8-9(7-16-4-2)11(18-10)12(13,14)15/h8,16H,3-7H2,1-2H3. The van der Waals surface area contributed by atoms with Gasteiger partial charge < -0.3 is 5.32 Å². The molecule has 0 aliphatic heterocycles. The first-order chi connectivity index (χ1) is 8.49. The summed E-state index contributed by atoms with van der Waals surface area (Å²) in [7, 11) is 0. The van der Waals surface area contributed by atoms with Crippen LogP contribution in [0.5, 0.6) is 0 Å². The van der Waals surface area contributed by atoms with E-state index in [1.54, 1.807) is 0 Å². The molecular formula is C12H18F3N3. The van der Waals surface area contributed by atoms with Gasteiger partial charge >= 0.3 is 6.18 Å². The Bertz CT molecular complexity index is 377. The summed E-state index contributed by atoms with van der Waals surface area (Å²) in [5.41, 5.74) is -0.714. The number of unbranched alkanes of at least 4 members (excludes halogenated alkanes) is 1. The van der Waals surface area contributed by atoms with Crippen LogP contribution in [0, 0.1) is 0 Å². The summed E-state index contributed by atoms with van der Waals surface area (Å²) in [6.45, 7) is 4.56.